The fraction of sp³-hybridized carbons (Fsp3) is 0.533. The first-order chi connectivity index (χ1) is 18.8. The van der Waals surface area contributed by atoms with Crippen molar-refractivity contribution in [2.24, 2.45) is 5.92 Å². The van der Waals surface area contributed by atoms with Gasteiger partial charge in [-0.1, -0.05) is 60.7 Å². The van der Waals surface area contributed by atoms with Crippen LogP contribution in [0.4, 0.5) is 10.1 Å². The molecule has 0 aromatic heterocycles. The number of aliphatic hydroxyl groups is 1. The lowest BCUT2D eigenvalue weighted by atomic mass is 9.55. The summed E-state index contributed by atoms with van der Waals surface area (Å²) in [5.41, 5.74) is -0.358. The van der Waals surface area contributed by atoms with Crippen molar-refractivity contribution in [2.45, 2.75) is 86.7 Å². The maximum atomic E-state index is 15.9. The van der Waals surface area contributed by atoms with E-state index in [1.54, 1.807) is 24.3 Å². The molecule has 2 saturated carbocycles. The molecule has 3 atom stereocenters. The maximum Gasteiger partial charge on any atom is 0.238 e. The number of hydrogen-bond donors (Lipinski definition) is 4. The van der Waals surface area contributed by atoms with Crippen molar-refractivity contribution in [1.82, 2.24) is 10.6 Å². The number of aliphatic hydroxyl groups excluding tert-OH is 1. The third-order valence-electron chi connectivity index (χ3n) is 9.76. The Balaban J connectivity index is 1.50. The topological polar surface area (TPSA) is 90.5 Å². The highest BCUT2D eigenvalue weighted by Gasteiger charge is 2.72. The molecule has 3 fully saturated rings. The Morgan fingerprint density at radius 3 is 2.54 bits per heavy atom. The van der Waals surface area contributed by atoms with Gasteiger partial charge in [0.25, 0.3) is 0 Å². The van der Waals surface area contributed by atoms with E-state index in [9.17, 15) is 14.7 Å². The third kappa shape index (κ3) is 4.19. The van der Waals surface area contributed by atoms with E-state index >= 15 is 4.39 Å². The molecule has 2 aliphatic heterocycles. The van der Waals surface area contributed by atoms with Gasteiger partial charge in [0.1, 0.15) is 11.2 Å². The van der Waals surface area contributed by atoms with E-state index in [2.05, 4.69) is 16.0 Å². The van der Waals surface area contributed by atoms with Crippen molar-refractivity contribution in [3.8, 4) is 0 Å². The summed E-state index contributed by atoms with van der Waals surface area (Å²) in [4.78, 5) is 28.5. The second-order valence-corrected chi connectivity index (χ2v) is 12.6. The Morgan fingerprint density at radius 1 is 1.08 bits per heavy atom. The van der Waals surface area contributed by atoms with E-state index < -0.39 is 28.7 Å². The number of amides is 2. The molecule has 208 valence electrons. The van der Waals surface area contributed by atoms with Crippen LogP contribution in [0.3, 0.4) is 0 Å². The van der Waals surface area contributed by atoms with Crippen molar-refractivity contribution in [3.63, 3.8) is 0 Å². The Labute approximate surface area is 238 Å². The normalized spacial score (nSPS) is 31.3. The molecule has 0 unspecified atom stereocenters. The van der Waals surface area contributed by atoms with E-state index in [1.807, 2.05) is 6.07 Å². The van der Waals surface area contributed by atoms with Gasteiger partial charge in [0.15, 0.2) is 0 Å². The number of nitrogens with one attached hydrogen (secondary N) is 3. The molecule has 9 heteroatoms. The van der Waals surface area contributed by atoms with Crippen LogP contribution < -0.4 is 16.0 Å². The molecule has 2 spiro atoms. The number of benzene rings is 2. The zero-order valence-electron chi connectivity index (χ0n) is 21.7. The summed E-state index contributed by atoms with van der Waals surface area (Å²) in [5.74, 6) is -1.64. The van der Waals surface area contributed by atoms with Crippen LogP contribution in [-0.4, -0.2) is 41.2 Å². The molecule has 4 aliphatic rings. The molecule has 2 aromatic carbocycles. The highest BCUT2D eigenvalue weighted by molar-refractivity contribution is 6.31. The van der Waals surface area contributed by atoms with Gasteiger partial charge in [-0.3, -0.25) is 14.9 Å². The Hall–Kier alpha value is -2.19. The smallest absolute Gasteiger partial charge is 0.238 e. The molecule has 39 heavy (non-hydrogen) atoms. The van der Waals surface area contributed by atoms with Crippen LogP contribution in [0, 0.1) is 11.7 Å². The van der Waals surface area contributed by atoms with Gasteiger partial charge in [-0.2, -0.15) is 0 Å². The lowest BCUT2D eigenvalue weighted by Crippen LogP contribution is -2.60. The highest BCUT2D eigenvalue weighted by Crippen LogP contribution is 2.62. The molecule has 2 heterocycles. The minimum absolute atomic E-state index is 0.0330. The van der Waals surface area contributed by atoms with Gasteiger partial charge in [-0.25, -0.2) is 4.39 Å². The molecular weight excluding hydrogens is 540 g/mol. The zero-order valence-corrected chi connectivity index (χ0v) is 23.3. The molecule has 0 bridgehead atoms. The first kappa shape index (κ1) is 27.0. The van der Waals surface area contributed by atoms with Crippen LogP contribution in [0.5, 0.6) is 0 Å². The zero-order chi connectivity index (χ0) is 27.4. The summed E-state index contributed by atoms with van der Waals surface area (Å²) in [6.45, 7) is 0.157. The van der Waals surface area contributed by atoms with Crippen molar-refractivity contribution in [2.75, 3.05) is 11.9 Å². The summed E-state index contributed by atoms with van der Waals surface area (Å²) in [6, 6.07) is 9.30. The predicted octanol–water partition coefficient (Wildman–Crippen LogP) is 5.45. The monoisotopic (exact) mass is 573 g/mol. The van der Waals surface area contributed by atoms with Crippen molar-refractivity contribution < 1.29 is 19.1 Å². The lowest BCUT2D eigenvalue weighted by molar-refractivity contribution is -0.124. The van der Waals surface area contributed by atoms with Crippen LogP contribution in [0.15, 0.2) is 36.4 Å². The molecule has 4 N–H and O–H groups in total. The number of carbonyl (C=O) groups excluding carboxylic acids is 2. The second-order valence-electron chi connectivity index (χ2n) is 11.7. The SMILES string of the molecule is O=C(NC1CCC(CO)CC1)[C@@H]1NC2(CCCCC2)[C@@]2(C(=O)Nc3cc(Cl)ccc32)[C@H]1c1cccc(Cl)c1F. The number of rotatable bonds is 4. The minimum atomic E-state index is -1.23. The standard InChI is InChI=1S/C30H34Cl2FN3O3/c31-18-9-12-21-23(15-18)35-28(39)30(21)24(20-5-4-6-22(32)25(20)33)26(36-29(30)13-2-1-3-14-29)27(38)34-19-10-7-17(16-37)8-11-19/h4-6,9,12,15,17,19,24,26,36-37H,1-3,7-8,10-11,13-14,16H2,(H,34,38)(H,35,39)/t17?,19?,24-,26+,30+/m0/s1. The Bertz CT molecular complexity index is 1290. The molecular formula is C30H34Cl2FN3O3. The van der Waals surface area contributed by atoms with Gasteiger partial charge in [-0.05, 0) is 73.8 Å². The fourth-order valence-corrected chi connectivity index (χ4v) is 8.35. The third-order valence-corrected chi connectivity index (χ3v) is 10.3. The van der Waals surface area contributed by atoms with Gasteiger partial charge in [0.05, 0.1) is 11.1 Å². The Morgan fingerprint density at radius 2 is 1.82 bits per heavy atom. The first-order valence-electron chi connectivity index (χ1n) is 14.0. The van der Waals surface area contributed by atoms with E-state index in [0.717, 1.165) is 50.5 Å². The Kier molecular flexibility index (Phi) is 7.15. The summed E-state index contributed by atoms with van der Waals surface area (Å²) in [7, 11) is 0. The maximum absolute atomic E-state index is 15.9. The van der Waals surface area contributed by atoms with Gasteiger partial charge < -0.3 is 15.7 Å². The van der Waals surface area contributed by atoms with E-state index in [0.29, 0.717) is 23.6 Å². The average Bonchev–Trinajstić information content (AvgIpc) is 3.38. The minimum Gasteiger partial charge on any atom is -0.396 e. The van der Waals surface area contributed by atoms with E-state index in [-0.39, 0.29) is 41.0 Å². The molecule has 1 saturated heterocycles. The number of halogens is 3. The van der Waals surface area contributed by atoms with Crippen LogP contribution >= 0.6 is 23.2 Å². The largest absolute Gasteiger partial charge is 0.396 e. The molecule has 0 radical (unpaired) electrons. The molecule has 2 aliphatic carbocycles. The summed E-state index contributed by atoms with van der Waals surface area (Å²) >= 11 is 12.6. The molecule has 6 rings (SSSR count). The number of anilines is 1. The number of hydrogen-bond acceptors (Lipinski definition) is 4. The van der Waals surface area contributed by atoms with Crippen LogP contribution in [0.1, 0.15) is 74.8 Å². The van der Waals surface area contributed by atoms with Gasteiger partial charge in [0, 0.05) is 34.8 Å². The highest BCUT2D eigenvalue weighted by atomic mass is 35.5. The van der Waals surface area contributed by atoms with Crippen molar-refractivity contribution >= 4 is 40.7 Å². The van der Waals surface area contributed by atoms with Crippen molar-refractivity contribution in [1.29, 1.82) is 0 Å². The predicted molar refractivity (Wildman–Crippen MR) is 150 cm³/mol. The van der Waals surface area contributed by atoms with Crippen LogP contribution in [-0.2, 0) is 15.0 Å². The van der Waals surface area contributed by atoms with E-state index in [1.165, 1.54) is 6.07 Å². The molecule has 2 amide bonds. The van der Waals surface area contributed by atoms with Gasteiger partial charge in [-0.15, -0.1) is 0 Å². The van der Waals surface area contributed by atoms with Crippen molar-refractivity contribution in [3.05, 3.63) is 63.4 Å². The van der Waals surface area contributed by atoms with Crippen LogP contribution in [0.25, 0.3) is 0 Å². The summed E-state index contributed by atoms with van der Waals surface area (Å²) in [6.07, 6.45) is 7.45. The van der Waals surface area contributed by atoms with E-state index in [4.69, 9.17) is 23.2 Å². The lowest BCUT2D eigenvalue weighted by Gasteiger charge is -2.47. The molecule has 2 aromatic rings. The van der Waals surface area contributed by atoms with Crippen LogP contribution in [0.2, 0.25) is 10.0 Å². The fourth-order valence-electron chi connectivity index (χ4n) is 8.00. The quantitative estimate of drug-likeness (QED) is 0.391. The second kappa shape index (κ2) is 10.3. The van der Waals surface area contributed by atoms with Gasteiger partial charge >= 0.3 is 0 Å². The average molecular weight is 575 g/mol. The number of fused-ring (bicyclic) bond motifs is 3. The van der Waals surface area contributed by atoms with Gasteiger partial charge in [0.2, 0.25) is 11.8 Å². The first-order valence-corrected chi connectivity index (χ1v) is 14.8. The summed E-state index contributed by atoms with van der Waals surface area (Å²) < 4.78 is 15.9. The summed E-state index contributed by atoms with van der Waals surface area (Å²) in [5, 5.41) is 19.9. The molecule has 6 nitrogen and oxygen atoms in total. The number of carbonyl (C=O) groups is 2.